The van der Waals surface area contributed by atoms with E-state index in [2.05, 4.69) is 10.3 Å². The quantitative estimate of drug-likeness (QED) is 0.793. The molecule has 5 heteroatoms. The number of benzene rings is 1. The van der Waals surface area contributed by atoms with E-state index < -0.39 is 18.1 Å². The first kappa shape index (κ1) is 10.6. The monoisotopic (exact) mass is 222 g/mol. The average molecular weight is 222 g/mol. The van der Waals surface area contributed by atoms with E-state index in [-0.39, 0.29) is 5.82 Å². The zero-order valence-corrected chi connectivity index (χ0v) is 8.64. The maximum absolute atomic E-state index is 12.7. The number of rotatable bonds is 2. The highest BCUT2D eigenvalue weighted by Gasteiger charge is 2.33. The molecule has 2 atom stereocenters. The van der Waals surface area contributed by atoms with Gasteiger partial charge in [-0.25, -0.2) is 9.18 Å². The molecule has 16 heavy (non-hydrogen) atoms. The van der Waals surface area contributed by atoms with Crippen LogP contribution in [0.4, 0.5) is 4.39 Å². The minimum atomic E-state index is -0.987. The molecular formula is C11H11FN2O2. The summed E-state index contributed by atoms with van der Waals surface area (Å²) in [5, 5.41) is 12.0. The molecule has 0 bridgehead atoms. The van der Waals surface area contributed by atoms with Crippen LogP contribution in [-0.2, 0) is 4.79 Å². The Morgan fingerprint density at radius 2 is 2.06 bits per heavy atom. The number of amidine groups is 1. The fourth-order valence-electron chi connectivity index (χ4n) is 1.76. The van der Waals surface area contributed by atoms with Crippen LogP contribution in [0.1, 0.15) is 18.5 Å². The lowest BCUT2D eigenvalue weighted by molar-refractivity contribution is -0.138. The number of aliphatic carboxylic acids is 1. The fourth-order valence-corrected chi connectivity index (χ4v) is 1.76. The van der Waals surface area contributed by atoms with Crippen LogP contribution >= 0.6 is 0 Å². The predicted octanol–water partition coefficient (Wildman–Crippen LogP) is 1.34. The van der Waals surface area contributed by atoms with Crippen molar-refractivity contribution in [3.05, 3.63) is 35.6 Å². The van der Waals surface area contributed by atoms with Crippen molar-refractivity contribution in [2.24, 2.45) is 4.99 Å². The second kappa shape index (κ2) is 3.92. The Morgan fingerprint density at radius 3 is 2.62 bits per heavy atom. The second-order valence-electron chi connectivity index (χ2n) is 3.67. The zero-order chi connectivity index (χ0) is 11.7. The molecule has 1 aliphatic rings. The summed E-state index contributed by atoms with van der Waals surface area (Å²) in [4.78, 5) is 15.0. The Kier molecular flexibility index (Phi) is 2.60. The van der Waals surface area contributed by atoms with Crippen LogP contribution in [0.15, 0.2) is 29.3 Å². The lowest BCUT2D eigenvalue weighted by Crippen LogP contribution is -2.30. The van der Waals surface area contributed by atoms with Gasteiger partial charge in [0.25, 0.3) is 0 Å². The van der Waals surface area contributed by atoms with E-state index in [0.29, 0.717) is 5.84 Å². The molecule has 0 saturated carbocycles. The third kappa shape index (κ3) is 1.88. The van der Waals surface area contributed by atoms with Crippen molar-refractivity contribution in [1.82, 2.24) is 5.32 Å². The molecule has 0 fully saturated rings. The topological polar surface area (TPSA) is 61.7 Å². The van der Waals surface area contributed by atoms with Gasteiger partial charge in [0.05, 0.1) is 11.9 Å². The Morgan fingerprint density at radius 1 is 1.44 bits per heavy atom. The first-order chi connectivity index (χ1) is 7.58. The Balaban J connectivity index is 2.28. The number of hydrogen-bond donors (Lipinski definition) is 2. The van der Waals surface area contributed by atoms with Gasteiger partial charge in [0.2, 0.25) is 0 Å². The van der Waals surface area contributed by atoms with Crippen LogP contribution in [0.25, 0.3) is 0 Å². The second-order valence-corrected chi connectivity index (χ2v) is 3.67. The summed E-state index contributed by atoms with van der Waals surface area (Å²) in [7, 11) is 0. The normalized spacial score (nSPS) is 23.8. The average Bonchev–Trinajstić information content (AvgIpc) is 2.61. The summed E-state index contributed by atoms with van der Waals surface area (Å²) >= 11 is 0. The Hall–Kier alpha value is -1.91. The molecule has 4 nitrogen and oxygen atoms in total. The number of hydrogen-bond acceptors (Lipinski definition) is 3. The third-order valence-corrected chi connectivity index (χ3v) is 2.50. The smallest absolute Gasteiger partial charge is 0.331 e. The molecule has 1 aliphatic heterocycles. The zero-order valence-electron chi connectivity index (χ0n) is 8.64. The number of carboxylic acids is 1. The summed E-state index contributed by atoms with van der Waals surface area (Å²) in [5.74, 6) is -0.744. The lowest BCUT2D eigenvalue weighted by Gasteiger charge is -2.15. The first-order valence-electron chi connectivity index (χ1n) is 4.87. The molecule has 0 saturated heterocycles. The largest absolute Gasteiger partial charge is 0.480 e. The predicted molar refractivity (Wildman–Crippen MR) is 56.8 cm³/mol. The van der Waals surface area contributed by atoms with Gasteiger partial charge in [0.1, 0.15) is 5.82 Å². The van der Waals surface area contributed by atoms with E-state index in [1.807, 2.05) is 0 Å². The summed E-state index contributed by atoms with van der Waals surface area (Å²) in [6.45, 7) is 1.71. The molecule has 0 radical (unpaired) electrons. The van der Waals surface area contributed by atoms with Crippen molar-refractivity contribution in [2.75, 3.05) is 0 Å². The maximum Gasteiger partial charge on any atom is 0.331 e. The van der Waals surface area contributed by atoms with E-state index in [1.54, 1.807) is 19.1 Å². The Labute approximate surface area is 91.8 Å². The van der Waals surface area contributed by atoms with Crippen LogP contribution in [0.3, 0.4) is 0 Å². The molecule has 0 spiro atoms. The van der Waals surface area contributed by atoms with Crippen molar-refractivity contribution in [3.8, 4) is 0 Å². The number of aliphatic imine (C=N–C) groups is 1. The molecule has 0 aliphatic carbocycles. The molecule has 1 aromatic carbocycles. The first-order valence-corrected chi connectivity index (χ1v) is 4.87. The number of carboxylic acid groups (broad SMARTS) is 1. The lowest BCUT2D eigenvalue weighted by atomic mass is 10.0. The van der Waals surface area contributed by atoms with Gasteiger partial charge in [0.15, 0.2) is 6.04 Å². The highest BCUT2D eigenvalue weighted by atomic mass is 19.1. The SMILES string of the molecule is CC1=NC(C(=O)O)C(c2ccc(F)cc2)N1. The van der Waals surface area contributed by atoms with Crippen LogP contribution in [0.2, 0.25) is 0 Å². The molecule has 2 N–H and O–H groups in total. The molecule has 0 amide bonds. The molecule has 1 aromatic rings. The van der Waals surface area contributed by atoms with Crippen molar-refractivity contribution in [1.29, 1.82) is 0 Å². The van der Waals surface area contributed by atoms with Crippen LogP contribution in [0.5, 0.6) is 0 Å². The van der Waals surface area contributed by atoms with Crippen molar-refractivity contribution < 1.29 is 14.3 Å². The van der Waals surface area contributed by atoms with Crippen molar-refractivity contribution in [2.45, 2.75) is 19.0 Å². The maximum atomic E-state index is 12.7. The van der Waals surface area contributed by atoms with E-state index in [4.69, 9.17) is 5.11 Å². The summed E-state index contributed by atoms with van der Waals surface area (Å²) in [6.07, 6.45) is 0. The summed E-state index contributed by atoms with van der Waals surface area (Å²) in [5.41, 5.74) is 0.717. The number of nitrogens with zero attached hydrogens (tertiary/aromatic N) is 1. The van der Waals surface area contributed by atoms with E-state index in [1.165, 1.54) is 12.1 Å². The summed E-state index contributed by atoms with van der Waals surface area (Å²) in [6, 6.07) is 4.49. The number of halogens is 1. The minimum absolute atomic E-state index is 0.341. The van der Waals surface area contributed by atoms with Gasteiger partial charge >= 0.3 is 5.97 Å². The van der Waals surface area contributed by atoms with Gasteiger partial charge in [-0.2, -0.15) is 0 Å². The molecule has 1 heterocycles. The van der Waals surface area contributed by atoms with Crippen LogP contribution < -0.4 is 5.32 Å². The van der Waals surface area contributed by atoms with Gasteiger partial charge in [-0.3, -0.25) is 4.99 Å². The van der Waals surface area contributed by atoms with Gasteiger partial charge in [-0.05, 0) is 24.6 Å². The van der Waals surface area contributed by atoms with Gasteiger partial charge in [0, 0.05) is 0 Å². The van der Waals surface area contributed by atoms with Crippen molar-refractivity contribution >= 4 is 11.8 Å². The van der Waals surface area contributed by atoms with E-state index >= 15 is 0 Å². The minimum Gasteiger partial charge on any atom is -0.480 e. The van der Waals surface area contributed by atoms with Crippen molar-refractivity contribution in [3.63, 3.8) is 0 Å². The number of nitrogens with one attached hydrogen (secondary N) is 1. The van der Waals surface area contributed by atoms with Crippen LogP contribution in [-0.4, -0.2) is 23.0 Å². The van der Waals surface area contributed by atoms with Crippen LogP contribution in [0, 0.1) is 5.82 Å². The van der Waals surface area contributed by atoms with Gasteiger partial charge in [-0.1, -0.05) is 12.1 Å². The van der Waals surface area contributed by atoms with Gasteiger partial charge in [-0.15, -0.1) is 0 Å². The highest BCUT2D eigenvalue weighted by molar-refractivity contribution is 5.88. The fraction of sp³-hybridized carbons (Fsp3) is 0.273. The van der Waals surface area contributed by atoms with Gasteiger partial charge < -0.3 is 10.4 Å². The number of carbonyl (C=O) groups is 1. The molecule has 84 valence electrons. The van der Waals surface area contributed by atoms with E-state index in [0.717, 1.165) is 5.56 Å². The molecular weight excluding hydrogens is 211 g/mol. The molecule has 2 unspecified atom stereocenters. The Bertz CT molecular complexity index is 442. The highest BCUT2D eigenvalue weighted by Crippen LogP contribution is 2.24. The summed E-state index contributed by atoms with van der Waals surface area (Å²) < 4.78 is 12.7. The standard InChI is InChI=1S/C11H11FN2O2/c1-6-13-9(10(14-6)11(15)16)7-2-4-8(12)5-3-7/h2-5,9-10H,1H3,(H,13,14)(H,15,16). The van der Waals surface area contributed by atoms with E-state index in [9.17, 15) is 9.18 Å². The molecule has 0 aromatic heterocycles. The molecule has 2 rings (SSSR count). The third-order valence-electron chi connectivity index (χ3n) is 2.50.